The topological polar surface area (TPSA) is 12.0 Å². The predicted octanol–water partition coefficient (Wildman–Crippen LogP) is 3.44. The van der Waals surface area contributed by atoms with Gasteiger partial charge in [0.1, 0.15) is 0 Å². The third-order valence-electron chi connectivity index (χ3n) is 3.87. The summed E-state index contributed by atoms with van der Waals surface area (Å²) in [5.41, 5.74) is 1.71. The molecule has 2 heteroatoms. The summed E-state index contributed by atoms with van der Waals surface area (Å²) in [5, 5.41) is 4.22. The number of hydrogen-bond acceptors (Lipinski definition) is 1. The molecule has 0 bridgehead atoms. The first-order valence-corrected chi connectivity index (χ1v) is 5.86. The van der Waals surface area contributed by atoms with Gasteiger partial charge >= 0.3 is 0 Å². The molecule has 0 heterocycles. The largest absolute Gasteiger partial charge is 0.316 e. The molecule has 2 unspecified atom stereocenters. The van der Waals surface area contributed by atoms with Crippen LogP contribution in [0.2, 0.25) is 5.02 Å². The second-order valence-corrected chi connectivity index (χ2v) is 5.44. The van der Waals surface area contributed by atoms with Gasteiger partial charge in [-0.25, -0.2) is 0 Å². The van der Waals surface area contributed by atoms with E-state index in [2.05, 4.69) is 31.3 Å². The van der Waals surface area contributed by atoms with Crippen molar-refractivity contribution < 1.29 is 0 Å². The van der Waals surface area contributed by atoms with Crippen molar-refractivity contribution in [1.82, 2.24) is 5.32 Å². The first kappa shape index (κ1) is 11.0. The van der Waals surface area contributed by atoms with Crippen LogP contribution in [0, 0.1) is 5.41 Å². The molecule has 82 valence electrons. The molecule has 1 aliphatic rings. The lowest BCUT2D eigenvalue weighted by Crippen LogP contribution is -2.54. The summed E-state index contributed by atoms with van der Waals surface area (Å²) in [6.07, 6.45) is 1.21. The Balaban J connectivity index is 2.21. The minimum absolute atomic E-state index is 0.333. The first-order valence-electron chi connectivity index (χ1n) is 5.48. The second-order valence-electron chi connectivity index (χ2n) is 5.01. The highest BCUT2D eigenvalue weighted by molar-refractivity contribution is 6.30. The Morgan fingerprint density at radius 3 is 2.67 bits per heavy atom. The van der Waals surface area contributed by atoms with E-state index in [1.54, 1.807) is 0 Å². The van der Waals surface area contributed by atoms with Crippen molar-refractivity contribution in [2.24, 2.45) is 5.41 Å². The number of hydrogen-bond donors (Lipinski definition) is 1. The van der Waals surface area contributed by atoms with E-state index in [0.717, 1.165) is 5.02 Å². The number of halogens is 1. The van der Waals surface area contributed by atoms with Gasteiger partial charge in [0.2, 0.25) is 0 Å². The highest BCUT2D eigenvalue weighted by atomic mass is 35.5. The summed E-state index contributed by atoms with van der Waals surface area (Å²) in [6, 6.07) is 8.89. The van der Waals surface area contributed by atoms with Gasteiger partial charge in [-0.3, -0.25) is 0 Å². The van der Waals surface area contributed by atoms with Crippen molar-refractivity contribution in [1.29, 1.82) is 0 Å². The van der Waals surface area contributed by atoms with Gasteiger partial charge in [0, 0.05) is 11.1 Å². The van der Waals surface area contributed by atoms with Gasteiger partial charge in [0.15, 0.2) is 0 Å². The molecule has 1 saturated carbocycles. The van der Waals surface area contributed by atoms with Crippen molar-refractivity contribution >= 4 is 11.6 Å². The van der Waals surface area contributed by atoms with E-state index in [1.165, 1.54) is 12.0 Å². The molecule has 0 aliphatic heterocycles. The SMILES string of the molecule is CNC1CC(c2cccc(Cl)c2)C1(C)C. The molecule has 0 aromatic heterocycles. The van der Waals surface area contributed by atoms with Crippen LogP contribution in [0.3, 0.4) is 0 Å². The zero-order valence-electron chi connectivity index (χ0n) is 9.55. The predicted molar refractivity (Wildman–Crippen MR) is 65.4 cm³/mol. The molecular weight excluding hydrogens is 206 g/mol. The molecular formula is C13H18ClN. The van der Waals surface area contributed by atoms with Crippen LogP contribution < -0.4 is 5.32 Å². The summed E-state index contributed by atoms with van der Waals surface area (Å²) in [5.74, 6) is 0.633. The van der Waals surface area contributed by atoms with Crippen LogP contribution in [-0.2, 0) is 0 Å². The van der Waals surface area contributed by atoms with Crippen LogP contribution in [0.1, 0.15) is 31.7 Å². The third-order valence-corrected chi connectivity index (χ3v) is 4.10. The van der Waals surface area contributed by atoms with Gasteiger partial charge < -0.3 is 5.32 Å². The maximum Gasteiger partial charge on any atom is 0.0408 e. The summed E-state index contributed by atoms with van der Waals surface area (Å²) in [7, 11) is 2.04. The van der Waals surface area contributed by atoms with E-state index in [-0.39, 0.29) is 0 Å². The third kappa shape index (κ3) is 1.79. The standard InChI is InChI=1S/C13H18ClN/c1-13(2)11(8-12(13)15-3)9-5-4-6-10(14)7-9/h4-7,11-12,15H,8H2,1-3H3. The van der Waals surface area contributed by atoms with E-state index in [9.17, 15) is 0 Å². The lowest BCUT2D eigenvalue weighted by Gasteiger charge is -2.52. The van der Waals surface area contributed by atoms with Crippen molar-refractivity contribution in [2.75, 3.05) is 7.05 Å². The Hall–Kier alpha value is -0.530. The Morgan fingerprint density at radius 1 is 1.40 bits per heavy atom. The smallest absolute Gasteiger partial charge is 0.0408 e. The maximum absolute atomic E-state index is 6.02. The van der Waals surface area contributed by atoms with E-state index in [4.69, 9.17) is 11.6 Å². The molecule has 1 aromatic rings. The fourth-order valence-electron chi connectivity index (χ4n) is 2.70. The van der Waals surface area contributed by atoms with Crippen LogP contribution in [-0.4, -0.2) is 13.1 Å². The summed E-state index contributed by atoms with van der Waals surface area (Å²) in [6.45, 7) is 4.65. The average Bonchev–Trinajstić information content (AvgIpc) is 2.17. The molecule has 15 heavy (non-hydrogen) atoms. The van der Waals surface area contributed by atoms with Gasteiger partial charge in [-0.2, -0.15) is 0 Å². The van der Waals surface area contributed by atoms with Gasteiger partial charge in [0.25, 0.3) is 0 Å². The van der Waals surface area contributed by atoms with Crippen LogP contribution >= 0.6 is 11.6 Å². The lowest BCUT2D eigenvalue weighted by molar-refractivity contribution is 0.0752. The zero-order valence-corrected chi connectivity index (χ0v) is 10.3. The molecule has 1 nitrogen and oxygen atoms in total. The van der Waals surface area contributed by atoms with Crippen molar-refractivity contribution in [2.45, 2.75) is 32.2 Å². The van der Waals surface area contributed by atoms with Crippen LogP contribution in [0.25, 0.3) is 0 Å². The van der Waals surface area contributed by atoms with Gasteiger partial charge in [-0.15, -0.1) is 0 Å². The summed E-state index contributed by atoms with van der Waals surface area (Å²) >= 11 is 6.02. The Labute approximate surface area is 96.8 Å². The molecule has 0 amide bonds. The van der Waals surface area contributed by atoms with Crippen molar-refractivity contribution in [3.8, 4) is 0 Å². The first-order chi connectivity index (χ1) is 7.05. The molecule has 0 saturated heterocycles. The highest BCUT2D eigenvalue weighted by Crippen LogP contribution is 2.52. The van der Waals surface area contributed by atoms with Crippen molar-refractivity contribution in [3.63, 3.8) is 0 Å². The highest BCUT2D eigenvalue weighted by Gasteiger charge is 2.47. The molecule has 0 radical (unpaired) electrons. The second kappa shape index (κ2) is 3.80. The molecule has 0 spiro atoms. The maximum atomic E-state index is 6.02. The summed E-state index contributed by atoms with van der Waals surface area (Å²) in [4.78, 5) is 0. The Bertz CT molecular complexity index is 359. The lowest BCUT2D eigenvalue weighted by atomic mass is 9.56. The molecule has 2 atom stereocenters. The normalized spacial score (nSPS) is 28.5. The van der Waals surface area contributed by atoms with Gasteiger partial charge in [-0.05, 0) is 42.5 Å². The molecule has 1 N–H and O–H groups in total. The Morgan fingerprint density at radius 2 is 2.13 bits per heavy atom. The van der Waals surface area contributed by atoms with E-state index < -0.39 is 0 Å². The fraction of sp³-hybridized carbons (Fsp3) is 0.538. The van der Waals surface area contributed by atoms with Crippen LogP contribution in [0.15, 0.2) is 24.3 Å². The minimum Gasteiger partial charge on any atom is -0.316 e. The minimum atomic E-state index is 0.333. The average molecular weight is 224 g/mol. The van der Waals surface area contributed by atoms with Crippen LogP contribution in [0.4, 0.5) is 0 Å². The molecule has 2 rings (SSSR count). The quantitative estimate of drug-likeness (QED) is 0.810. The van der Waals surface area contributed by atoms with Crippen LogP contribution in [0.5, 0.6) is 0 Å². The number of benzene rings is 1. The molecule has 1 fully saturated rings. The molecule has 1 aliphatic carbocycles. The van der Waals surface area contributed by atoms with E-state index >= 15 is 0 Å². The Kier molecular flexibility index (Phi) is 2.78. The van der Waals surface area contributed by atoms with Gasteiger partial charge in [0.05, 0.1) is 0 Å². The van der Waals surface area contributed by atoms with Gasteiger partial charge in [-0.1, -0.05) is 37.6 Å². The van der Waals surface area contributed by atoms with E-state index in [0.29, 0.717) is 17.4 Å². The fourth-order valence-corrected chi connectivity index (χ4v) is 2.90. The van der Waals surface area contributed by atoms with Crippen molar-refractivity contribution in [3.05, 3.63) is 34.9 Å². The zero-order chi connectivity index (χ0) is 11.1. The monoisotopic (exact) mass is 223 g/mol. The molecule has 1 aromatic carbocycles. The number of nitrogens with one attached hydrogen (secondary N) is 1. The summed E-state index contributed by atoms with van der Waals surface area (Å²) < 4.78 is 0. The van der Waals surface area contributed by atoms with E-state index in [1.807, 2.05) is 19.2 Å². The number of rotatable bonds is 2.